The average molecular weight is 491 g/mol. The van der Waals surface area contributed by atoms with Gasteiger partial charge in [0.05, 0.1) is 9.79 Å². The molecule has 0 atom stereocenters. The van der Waals surface area contributed by atoms with Crippen molar-refractivity contribution in [3.05, 3.63) is 107 Å². The summed E-state index contributed by atoms with van der Waals surface area (Å²) in [7, 11) is -3.87. The van der Waals surface area contributed by atoms with E-state index in [9.17, 15) is 28.8 Å². The van der Waals surface area contributed by atoms with Crippen LogP contribution in [0.5, 0.6) is 23.0 Å². The molecule has 0 fully saturated rings. The number of phenolic OH excluding ortho intramolecular Hbond substituents is 4. The maximum Gasteiger partial charge on any atom is 0.207 e. The summed E-state index contributed by atoms with van der Waals surface area (Å²) >= 11 is 0. The molecule has 0 amide bonds. The molecule has 0 aliphatic rings. The van der Waals surface area contributed by atoms with Crippen LogP contribution in [0.25, 0.3) is 0 Å². The van der Waals surface area contributed by atoms with Gasteiger partial charge in [0.15, 0.2) is 0 Å². The maximum atomic E-state index is 13.8. The second-order valence-electron chi connectivity index (χ2n) is 8.34. The lowest BCUT2D eigenvalue weighted by molar-refractivity contribution is 0.454. The summed E-state index contributed by atoms with van der Waals surface area (Å²) in [6, 6.07) is 22.1. The van der Waals surface area contributed by atoms with Crippen LogP contribution in [0.15, 0.2) is 94.7 Å². The van der Waals surface area contributed by atoms with Gasteiger partial charge in [0.25, 0.3) is 0 Å². The van der Waals surface area contributed by atoms with Crippen molar-refractivity contribution >= 4 is 9.84 Å². The standard InChI is InChI=1S/C28H26O6S/c29-23-13-15-25(31)21(17-23)11-9-19-5-1-3-7-27(19)35(33,34)28-8-4-2-6-20(28)10-12-22-18-24(30)14-16-26(22)32/h1-8,13-18,29-32H,9-12H2. The van der Waals surface area contributed by atoms with E-state index in [1.807, 2.05) is 0 Å². The molecule has 35 heavy (non-hydrogen) atoms. The van der Waals surface area contributed by atoms with Crippen molar-refractivity contribution in [3.63, 3.8) is 0 Å². The third-order valence-corrected chi connectivity index (χ3v) is 7.93. The van der Waals surface area contributed by atoms with Crippen molar-refractivity contribution < 1.29 is 28.8 Å². The molecular weight excluding hydrogens is 464 g/mol. The topological polar surface area (TPSA) is 115 Å². The average Bonchev–Trinajstić information content (AvgIpc) is 2.85. The number of aromatic hydroxyl groups is 4. The molecule has 0 aliphatic carbocycles. The van der Waals surface area contributed by atoms with Crippen LogP contribution in [0.1, 0.15) is 22.3 Å². The molecule has 4 aromatic rings. The molecule has 0 bridgehead atoms. The zero-order valence-electron chi connectivity index (χ0n) is 18.9. The lowest BCUT2D eigenvalue weighted by Crippen LogP contribution is -2.10. The van der Waals surface area contributed by atoms with Crippen LogP contribution in [0.2, 0.25) is 0 Å². The van der Waals surface area contributed by atoms with Crippen LogP contribution >= 0.6 is 0 Å². The number of benzene rings is 4. The predicted octanol–water partition coefficient (Wildman–Crippen LogP) is 4.91. The highest BCUT2D eigenvalue weighted by Crippen LogP contribution is 2.31. The van der Waals surface area contributed by atoms with Crippen LogP contribution in [-0.2, 0) is 35.5 Å². The molecule has 0 spiro atoms. The van der Waals surface area contributed by atoms with Gasteiger partial charge in [-0.25, -0.2) is 8.42 Å². The molecule has 7 heteroatoms. The van der Waals surface area contributed by atoms with E-state index in [0.717, 1.165) is 0 Å². The third kappa shape index (κ3) is 5.41. The van der Waals surface area contributed by atoms with Gasteiger partial charge in [-0.1, -0.05) is 36.4 Å². The van der Waals surface area contributed by atoms with Crippen LogP contribution in [0, 0.1) is 0 Å². The largest absolute Gasteiger partial charge is 0.508 e. The molecule has 0 aliphatic heterocycles. The highest BCUT2D eigenvalue weighted by molar-refractivity contribution is 7.91. The molecule has 180 valence electrons. The summed E-state index contributed by atoms with van der Waals surface area (Å²) in [6.07, 6.45) is 1.41. The highest BCUT2D eigenvalue weighted by Gasteiger charge is 2.24. The van der Waals surface area contributed by atoms with E-state index in [1.165, 1.54) is 36.4 Å². The van der Waals surface area contributed by atoms with Gasteiger partial charge in [0.1, 0.15) is 23.0 Å². The zero-order valence-corrected chi connectivity index (χ0v) is 19.7. The Morgan fingerprint density at radius 2 is 0.857 bits per heavy atom. The van der Waals surface area contributed by atoms with E-state index in [0.29, 0.717) is 47.9 Å². The fraction of sp³-hybridized carbons (Fsp3) is 0.143. The first kappa shape index (κ1) is 24.2. The van der Waals surface area contributed by atoms with Crippen molar-refractivity contribution in [1.29, 1.82) is 0 Å². The van der Waals surface area contributed by atoms with E-state index in [-0.39, 0.29) is 32.8 Å². The van der Waals surface area contributed by atoms with E-state index in [1.54, 1.807) is 48.5 Å². The minimum Gasteiger partial charge on any atom is -0.508 e. The first-order valence-corrected chi connectivity index (χ1v) is 12.7. The molecule has 0 saturated heterocycles. The number of hydrogen-bond donors (Lipinski definition) is 4. The molecular formula is C28H26O6S. The summed E-state index contributed by atoms with van der Waals surface area (Å²) in [5, 5.41) is 39.6. The lowest BCUT2D eigenvalue weighted by Gasteiger charge is -2.15. The first-order chi connectivity index (χ1) is 16.8. The molecule has 0 radical (unpaired) electrons. The molecule has 0 heterocycles. The summed E-state index contributed by atoms with van der Waals surface area (Å²) < 4.78 is 27.5. The molecule has 4 aromatic carbocycles. The van der Waals surface area contributed by atoms with E-state index in [4.69, 9.17) is 0 Å². The predicted molar refractivity (Wildman–Crippen MR) is 133 cm³/mol. The summed E-state index contributed by atoms with van der Waals surface area (Å²) in [5.41, 5.74) is 2.28. The second-order valence-corrected chi connectivity index (χ2v) is 10.2. The fourth-order valence-electron chi connectivity index (χ4n) is 4.15. The Morgan fingerprint density at radius 1 is 0.486 bits per heavy atom. The Balaban J connectivity index is 1.63. The molecule has 0 saturated carbocycles. The first-order valence-electron chi connectivity index (χ1n) is 11.2. The lowest BCUT2D eigenvalue weighted by atomic mass is 10.0. The number of sulfone groups is 1. The van der Waals surface area contributed by atoms with Gasteiger partial charge >= 0.3 is 0 Å². The van der Waals surface area contributed by atoms with Crippen LogP contribution < -0.4 is 0 Å². The van der Waals surface area contributed by atoms with Gasteiger partial charge < -0.3 is 20.4 Å². The Labute approximate surface area is 204 Å². The Morgan fingerprint density at radius 3 is 1.29 bits per heavy atom. The summed E-state index contributed by atoms with van der Waals surface area (Å²) in [4.78, 5) is 0.375. The fourth-order valence-corrected chi connectivity index (χ4v) is 5.93. The molecule has 4 rings (SSSR count). The molecule has 0 aromatic heterocycles. The van der Waals surface area contributed by atoms with Gasteiger partial charge in [0, 0.05) is 0 Å². The minimum atomic E-state index is -3.87. The van der Waals surface area contributed by atoms with E-state index >= 15 is 0 Å². The van der Waals surface area contributed by atoms with Gasteiger partial charge in [-0.15, -0.1) is 0 Å². The van der Waals surface area contributed by atoms with Crippen LogP contribution in [0.3, 0.4) is 0 Å². The van der Waals surface area contributed by atoms with Gasteiger partial charge in [0.2, 0.25) is 9.84 Å². The summed E-state index contributed by atoms with van der Waals surface area (Å²) in [6.45, 7) is 0. The minimum absolute atomic E-state index is 0.0328. The normalized spacial score (nSPS) is 11.4. The van der Waals surface area contributed by atoms with Gasteiger partial charge in [-0.05, 0) is 96.5 Å². The third-order valence-electron chi connectivity index (χ3n) is 5.98. The van der Waals surface area contributed by atoms with Crippen molar-refractivity contribution in [2.45, 2.75) is 35.5 Å². The van der Waals surface area contributed by atoms with Crippen molar-refractivity contribution in [2.75, 3.05) is 0 Å². The van der Waals surface area contributed by atoms with Crippen molar-refractivity contribution in [1.82, 2.24) is 0 Å². The number of phenols is 4. The number of hydrogen-bond acceptors (Lipinski definition) is 6. The SMILES string of the molecule is O=S(=O)(c1ccccc1CCc1cc(O)ccc1O)c1ccccc1CCc1cc(O)ccc1O. The van der Waals surface area contributed by atoms with E-state index in [2.05, 4.69) is 0 Å². The van der Waals surface area contributed by atoms with E-state index < -0.39 is 9.84 Å². The Kier molecular flexibility index (Phi) is 6.98. The monoisotopic (exact) mass is 490 g/mol. The molecule has 4 N–H and O–H groups in total. The quantitative estimate of drug-likeness (QED) is 0.261. The summed E-state index contributed by atoms with van der Waals surface area (Å²) in [5.74, 6) is 0.156. The number of aryl methyl sites for hydroxylation is 4. The smallest absolute Gasteiger partial charge is 0.207 e. The van der Waals surface area contributed by atoms with Gasteiger partial charge in [-0.2, -0.15) is 0 Å². The second kappa shape index (κ2) is 10.1. The van der Waals surface area contributed by atoms with Crippen LogP contribution in [0.4, 0.5) is 0 Å². The zero-order chi connectivity index (χ0) is 25.0. The molecule has 6 nitrogen and oxygen atoms in total. The maximum absolute atomic E-state index is 13.8. The van der Waals surface area contributed by atoms with Crippen molar-refractivity contribution in [2.24, 2.45) is 0 Å². The van der Waals surface area contributed by atoms with Crippen molar-refractivity contribution in [3.8, 4) is 23.0 Å². The Bertz CT molecular complexity index is 1360. The number of rotatable bonds is 8. The Hall–Kier alpha value is -3.97. The van der Waals surface area contributed by atoms with Gasteiger partial charge in [-0.3, -0.25) is 0 Å². The highest BCUT2D eigenvalue weighted by atomic mass is 32.2. The van der Waals surface area contributed by atoms with Crippen LogP contribution in [-0.4, -0.2) is 28.8 Å². The molecule has 0 unspecified atom stereocenters.